The second-order valence-corrected chi connectivity index (χ2v) is 5.45. The molecule has 0 aliphatic rings. The van der Waals surface area contributed by atoms with Gasteiger partial charge in [-0.1, -0.05) is 46.3 Å². The third-order valence-corrected chi connectivity index (χ3v) is 3.64. The van der Waals surface area contributed by atoms with Crippen LogP contribution in [0.1, 0.15) is 18.1 Å². The Morgan fingerprint density at radius 1 is 1.11 bits per heavy atom. The van der Waals surface area contributed by atoms with Crippen molar-refractivity contribution in [2.45, 2.75) is 19.1 Å². The molecule has 2 aromatic rings. The van der Waals surface area contributed by atoms with Crippen LogP contribution in [0.25, 0.3) is 4.85 Å². The summed E-state index contributed by atoms with van der Waals surface area (Å²) in [5, 5.41) is 3.33. The minimum absolute atomic E-state index is 0.676. The van der Waals surface area contributed by atoms with Crippen molar-refractivity contribution in [1.29, 1.82) is 0 Å². The molecule has 3 heteroatoms. The molecular formula is C16H15BrN2. The molecule has 2 nitrogen and oxygen atoms in total. The first-order chi connectivity index (χ1) is 9.14. The lowest BCUT2D eigenvalue weighted by Crippen LogP contribution is -2.35. The summed E-state index contributed by atoms with van der Waals surface area (Å²) in [4.78, 5) is 3.76. The quantitative estimate of drug-likeness (QED) is 0.831. The lowest BCUT2D eigenvalue weighted by molar-refractivity contribution is 0.448. The molecule has 0 fully saturated rings. The summed E-state index contributed by atoms with van der Waals surface area (Å²) in [6, 6.07) is 18.0. The van der Waals surface area contributed by atoms with E-state index in [0.29, 0.717) is 6.54 Å². The van der Waals surface area contributed by atoms with Gasteiger partial charge in [-0.3, -0.25) is 4.85 Å². The van der Waals surface area contributed by atoms with Crippen molar-refractivity contribution >= 4 is 15.9 Å². The normalized spacial score (nSPS) is 13.5. The van der Waals surface area contributed by atoms with E-state index in [1.807, 2.05) is 49.4 Å². The van der Waals surface area contributed by atoms with Gasteiger partial charge >= 0.3 is 5.66 Å². The molecule has 2 rings (SSSR count). The summed E-state index contributed by atoms with van der Waals surface area (Å²) in [7, 11) is 0. The van der Waals surface area contributed by atoms with Crippen LogP contribution in [0.4, 0.5) is 0 Å². The van der Waals surface area contributed by atoms with Gasteiger partial charge in [0.1, 0.15) is 0 Å². The average Bonchev–Trinajstić information content (AvgIpc) is 2.46. The van der Waals surface area contributed by atoms with Crippen molar-refractivity contribution in [3.8, 4) is 0 Å². The van der Waals surface area contributed by atoms with E-state index in [-0.39, 0.29) is 0 Å². The van der Waals surface area contributed by atoms with Crippen molar-refractivity contribution in [3.63, 3.8) is 0 Å². The number of hydrogen-bond acceptors (Lipinski definition) is 1. The molecule has 0 radical (unpaired) electrons. The van der Waals surface area contributed by atoms with Gasteiger partial charge in [0.25, 0.3) is 0 Å². The van der Waals surface area contributed by atoms with Crippen molar-refractivity contribution in [2.24, 2.45) is 0 Å². The number of nitrogens with zero attached hydrogens (tertiary/aromatic N) is 1. The van der Waals surface area contributed by atoms with E-state index in [2.05, 4.69) is 38.2 Å². The highest BCUT2D eigenvalue weighted by Crippen LogP contribution is 2.24. The predicted octanol–water partition coefficient (Wildman–Crippen LogP) is 4.33. The smallest absolute Gasteiger partial charge is 0.288 e. The first kappa shape index (κ1) is 13.8. The highest BCUT2D eigenvalue weighted by molar-refractivity contribution is 9.10. The summed E-state index contributed by atoms with van der Waals surface area (Å²) in [5.74, 6) is 0. The van der Waals surface area contributed by atoms with E-state index < -0.39 is 5.66 Å². The van der Waals surface area contributed by atoms with Crippen molar-refractivity contribution in [1.82, 2.24) is 5.32 Å². The zero-order chi connectivity index (χ0) is 13.7. The molecule has 0 saturated carbocycles. The lowest BCUT2D eigenvalue weighted by Gasteiger charge is -2.19. The maximum atomic E-state index is 7.46. The minimum atomic E-state index is -0.698. The van der Waals surface area contributed by atoms with Crippen LogP contribution in [0.5, 0.6) is 0 Å². The summed E-state index contributed by atoms with van der Waals surface area (Å²) >= 11 is 3.41. The Labute approximate surface area is 122 Å². The van der Waals surface area contributed by atoms with Crippen LogP contribution in [-0.2, 0) is 12.2 Å². The maximum absolute atomic E-state index is 7.46. The SMILES string of the molecule is [C-]#[N+]C(C)(NCc1ccccc1)c1ccc(Br)cc1. The fourth-order valence-electron chi connectivity index (χ4n) is 1.85. The molecule has 19 heavy (non-hydrogen) atoms. The molecule has 0 amide bonds. The molecule has 0 aliphatic heterocycles. The van der Waals surface area contributed by atoms with E-state index in [1.54, 1.807) is 0 Å². The summed E-state index contributed by atoms with van der Waals surface area (Å²) in [6.07, 6.45) is 0. The van der Waals surface area contributed by atoms with Crippen LogP contribution >= 0.6 is 15.9 Å². The third kappa shape index (κ3) is 3.44. The Hall–Kier alpha value is -1.63. The first-order valence-electron chi connectivity index (χ1n) is 6.08. The molecule has 1 unspecified atom stereocenters. The van der Waals surface area contributed by atoms with Gasteiger partial charge in [0.15, 0.2) is 0 Å². The zero-order valence-corrected chi connectivity index (χ0v) is 12.3. The van der Waals surface area contributed by atoms with Gasteiger partial charge in [-0.15, -0.1) is 0 Å². The van der Waals surface area contributed by atoms with Crippen LogP contribution in [-0.4, -0.2) is 0 Å². The minimum Gasteiger partial charge on any atom is -0.288 e. The van der Waals surface area contributed by atoms with Gasteiger partial charge in [-0.25, -0.2) is 11.9 Å². The molecule has 0 aliphatic carbocycles. The molecular weight excluding hydrogens is 300 g/mol. The van der Waals surface area contributed by atoms with Gasteiger partial charge in [0.2, 0.25) is 0 Å². The molecule has 0 spiro atoms. The van der Waals surface area contributed by atoms with Crippen molar-refractivity contribution < 1.29 is 0 Å². The molecule has 1 N–H and O–H groups in total. The standard InChI is InChI=1S/C16H15BrN2/c1-16(18-2,14-8-10-15(17)11-9-14)19-12-13-6-4-3-5-7-13/h3-11,19H,12H2,1H3. The lowest BCUT2D eigenvalue weighted by atomic mass is 10.0. The predicted molar refractivity (Wildman–Crippen MR) is 81.4 cm³/mol. The zero-order valence-electron chi connectivity index (χ0n) is 10.7. The molecule has 1 atom stereocenters. The van der Waals surface area contributed by atoms with Crippen LogP contribution in [0.3, 0.4) is 0 Å². The van der Waals surface area contributed by atoms with Gasteiger partial charge < -0.3 is 0 Å². The Balaban J connectivity index is 2.15. The Morgan fingerprint density at radius 3 is 2.32 bits per heavy atom. The van der Waals surface area contributed by atoms with Gasteiger partial charge in [-0.2, -0.15) is 0 Å². The first-order valence-corrected chi connectivity index (χ1v) is 6.87. The fourth-order valence-corrected chi connectivity index (χ4v) is 2.11. The Morgan fingerprint density at radius 2 is 1.74 bits per heavy atom. The topological polar surface area (TPSA) is 16.4 Å². The third-order valence-electron chi connectivity index (χ3n) is 3.11. The largest absolute Gasteiger partial charge is 0.309 e. The monoisotopic (exact) mass is 314 g/mol. The molecule has 0 saturated heterocycles. The maximum Gasteiger partial charge on any atom is 0.309 e. The Kier molecular flexibility index (Phi) is 4.36. The molecule has 0 aromatic heterocycles. The highest BCUT2D eigenvalue weighted by atomic mass is 79.9. The number of halogens is 1. The van der Waals surface area contributed by atoms with Gasteiger partial charge in [-0.05, 0) is 29.8 Å². The van der Waals surface area contributed by atoms with E-state index >= 15 is 0 Å². The second-order valence-electron chi connectivity index (χ2n) is 4.53. The van der Waals surface area contributed by atoms with Crippen LogP contribution in [0.15, 0.2) is 59.1 Å². The second kappa shape index (κ2) is 6.01. The van der Waals surface area contributed by atoms with Crippen LogP contribution in [0, 0.1) is 6.57 Å². The number of benzene rings is 2. The summed E-state index contributed by atoms with van der Waals surface area (Å²) < 4.78 is 1.02. The Bertz CT molecular complexity index is 572. The van der Waals surface area contributed by atoms with E-state index in [1.165, 1.54) is 5.56 Å². The number of hydrogen-bond donors (Lipinski definition) is 1. The fraction of sp³-hybridized carbons (Fsp3) is 0.188. The molecule has 96 valence electrons. The van der Waals surface area contributed by atoms with Gasteiger partial charge in [0.05, 0.1) is 5.56 Å². The molecule has 2 aromatic carbocycles. The van der Waals surface area contributed by atoms with Gasteiger partial charge in [0, 0.05) is 17.9 Å². The average molecular weight is 315 g/mol. The molecule has 0 bridgehead atoms. The van der Waals surface area contributed by atoms with Crippen LogP contribution in [0.2, 0.25) is 0 Å². The summed E-state index contributed by atoms with van der Waals surface area (Å²) in [5.41, 5.74) is 1.45. The van der Waals surface area contributed by atoms with E-state index in [9.17, 15) is 0 Å². The number of nitrogens with one attached hydrogen (secondary N) is 1. The molecule has 0 heterocycles. The van der Waals surface area contributed by atoms with Crippen molar-refractivity contribution in [2.75, 3.05) is 0 Å². The number of rotatable bonds is 4. The van der Waals surface area contributed by atoms with Crippen molar-refractivity contribution in [3.05, 3.63) is 81.6 Å². The van der Waals surface area contributed by atoms with Crippen LogP contribution < -0.4 is 5.32 Å². The highest BCUT2D eigenvalue weighted by Gasteiger charge is 2.31. The van der Waals surface area contributed by atoms with E-state index in [4.69, 9.17) is 6.57 Å². The van der Waals surface area contributed by atoms with E-state index in [0.717, 1.165) is 10.0 Å². The summed E-state index contributed by atoms with van der Waals surface area (Å²) in [6.45, 7) is 10.0.